The molecule has 1 saturated heterocycles. The van der Waals surface area contributed by atoms with Gasteiger partial charge >= 0.3 is 0 Å². The van der Waals surface area contributed by atoms with Gasteiger partial charge in [-0.05, 0) is 43.5 Å². The van der Waals surface area contributed by atoms with Crippen molar-refractivity contribution in [2.45, 2.75) is 38.1 Å². The molecule has 1 aliphatic heterocycles. The molecule has 0 bridgehead atoms. The minimum Gasteiger partial charge on any atom is -0.363 e. The topological polar surface area (TPSA) is 15.3 Å². The summed E-state index contributed by atoms with van der Waals surface area (Å²) in [6.45, 7) is 5.58. The first-order valence-electron chi connectivity index (χ1n) is 6.96. The van der Waals surface area contributed by atoms with Crippen LogP contribution in [0.2, 0.25) is 0 Å². The summed E-state index contributed by atoms with van der Waals surface area (Å²) in [6, 6.07) is 6.79. The van der Waals surface area contributed by atoms with Crippen molar-refractivity contribution in [3.8, 4) is 0 Å². The molecule has 0 amide bonds. The molecule has 2 aliphatic rings. The van der Waals surface area contributed by atoms with E-state index in [1.807, 2.05) is 0 Å². The van der Waals surface area contributed by atoms with Crippen LogP contribution in [0.5, 0.6) is 0 Å². The second-order valence-corrected chi connectivity index (χ2v) is 6.55. The third-order valence-corrected chi connectivity index (χ3v) is 5.42. The van der Waals surface area contributed by atoms with E-state index in [-0.39, 0.29) is 0 Å². The molecular weight excluding hydrogens is 288 g/mol. The van der Waals surface area contributed by atoms with Crippen LogP contribution >= 0.6 is 15.9 Å². The Kier molecular flexibility index (Phi) is 3.37. The molecule has 3 heteroatoms. The molecule has 98 valence electrons. The molecule has 18 heavy (non-hydrogen) atoms. The van der Waals surface area contributed by atoms with Gasteiger partial charge in [-0.1, -0.05) is 28.8 Å². The van der Waals surface area contributed by atoms with Crippen molar-refractivity contribution in [1.29, 1.82) is 0 Å². The summed E-state index contributed by atoms with van der Waals surface area (Å²) in [4.78, 5) is 2.66. The van der Waals surface area contributed by atoms with E-state index in [4.69, 9.17) is 0 Å². The average molecular weight is 309 g/mol. The summed E-state index contributed by atoms with van der Waals surface area (Å²) in [5.74, 6) is 0. The van der Waals surface area contributed by atoms with Crippen LogP contribution in [0.3, 0.4) is 0 Å². The first kappa shape index (κ1) is 12.5. The van der Waals surface area contributed by atoms with Gasteiger partial charge in [0.05, 0.1) is 5.54 Å². The summed E-state index contributed by atoms with van der Waals surface area (Å²) in [6.07, 6.45) is 5.45. The Morgan fingerprint density at radius 1 is 1.28 bits per heavy atom. The molecular formula is C15H21BrN2. The van der Waals surface area contributed by atoms with Gasteiger partial charge in [0.1, 0.15) is 0 Å². The summed E-state index contributed by atoms with van der Waals surface area (Å²) in [7, 11) is 0. The van der Waals surface area contributed by atoms with E-state index in [2.05, 4.69) is 51.3 Å². The van der Waals surface area contributed by atoms with Crippen LogP contribution in [-0.4, -0.2) is 25.2 Å². The minimum atomic E-state index is 0.387. The average Bonchev–Trinajstić information content (AvgIpc) is 2.83. The van der Waals surface area contributed by atoms with Crippen LogP contribution in [0.4, 0.5) is 5.69 Å². The second-order valence-electron chi connectivity index (χ2n) is 5.69. The summed E-state index contributed by atoms with van der Waals surface area (Å²) >= 11 is 3.60. The van der Waals surface area contributed by atoms with E-state index >= 15 is 0 Å². The number of anilines is 1. The fourth-order valence-electron chi connectivity index (χ4n) is 3.52. The Hall–Kier alpha value is -0.540. The lowest BCUT2D eigenvalue weighted by atomic mass is 9.92. The number of nitrogens with one attached hydrogen (secondary N) is 1. The number of hydrogen-bond donors (Lipinski definition) is 1. The van der Waals surface area contributed by atoms with Gasteiger partial charge in [-0.3, -0.25) is 0 Å². The molecule has 1 spiro atoms. The van der Waals surface area contributed by atoms with Gasteiger partial charge < -0.3 is 10.2 Å². The fourth-order valence-corrected chi connectivity index (χ4v) is 3.77. The van der Waals surface area contributed by atoms with Crippen molar-refractivity contribution in [3.05, 3.63) is 28.2 Å². The molecule has 1 aromatic rings. The molecule has 2 fully saturated rings. The Morgan fingerprint density at radius 2 is 2.06 bits per heavy atom. The van der Waals surface area contributed by atoms with Gasteiger partial charge in [0.15, 0.2) is 0 Å². The Labute approximate surface area is 118 Å². The third kappa shape index (κ3) is 2.08. The molecule has 0 unspecified atom stereocenters. The molecule has 2 nitrogen and oxygen atoms in total. The standard InChI is InChI=1S/C15H21BrN2/c1-12-10-13(4-5-14(12)16)18-9-8-17-11-15(18)6-2-3-7-15/h4-5,10,17H,2-3,6-9,11H2,1H3. The van der Waals surface area contributed by atoms with E-state index in [0.717, 1.165) is 19.6 Å². The summed E-state index contributed by atoms with van der Waals surface area (Å²) < 4.78 is 1.21. The van der Waals surface area contributed by atoms with Crippen molar-refractivity contribution in [1.82, 2.24) is 5.32 Å². The van der Waals surface area contributed by atoms with Gasteiger partial charge in [-0.25, -0.2) is 0 Å². The van der Waals surface area contributed by atoms with Crippen molar-refractivity contribution >= 4 is 21.6 Å². The van der Waals surface area contributed by atoms with Crippen molar-refractivity contribution < 1.29 is 0 Å². The lowest BCUT2D eigenvalue weighted by Gasteiger charge is -2.47. The summed E-state index contributed by atoms with van der Waals surface area (Å²) in [5, 5.41) is 3.59. The molecule has 0 radical (unpaired) electrons. The van der Waals surface area contributed by atoms with E-state index in [1.54, 1.807) is 0 Å². The highest BCUT2D eigenvalue weighted by atomic mass is 79.9. The fraction of sp³-hybridized carbons (Fsp3) is 0.600. The Morgan fingerprint density at radius 3 is 2.78 bits per heavy atom. The minimum absolute atomic E-state index is 0.387. The number of rotatable bonds is 1. The maximum atomic E-state index is 3.60. The molecule has 1 saturated carbocycles. The van der Waals surface area contributed by atoms with Gasteiger partial charge in [0.25, 0.3) is 0 Å². The molecule has 1 heterocycles. The Bertz CT molecular complexity index is 438. The summed E-state index contributed by atoms with van der Waals surface area (Å²) in [5.41, 5.74) is 3.12. The Balaban J connectivity index is 1.94. The van der Waals surface area contributed by atoms with Crippen LogP contribution in [0.25, 0.3) is 0 Å². The van der Waals surface area contributed by atoms with Crippen molar-refractivity contribution in [2.24, 2.45) is 0 Å². The lowest BCUT2D eigenvalue weighted by Crippen LogP contribution is -2.60. The van der Waals surface area contributed by atoms with Crippen LogP contribution < -0.4 is 10.2 Å². The molecule has 0 aromatic heterocycles. The zero-order valence-corrected chi connectivity index (χ0v) is 12.6. The smallest absolute Gasteiger partial charge is 0.0526 e. The number of hydrogen-bond acceptors (Lipinski definition) is 2. The van der Waals surface area contributed by atoms with E-state index in [9.17, 15) is 0 Å². The van der Waals surface area contributed by atoms with Gasteiger partial charge in [0.2, 0.25) is 0 Å². The predicted molar refractivity (Wildman–Crippen MR) is 80.3 cm³/mol. The van der Waals surface area contributed by atoms with Crippen molar-refractivity contribution in [2.75, 3.05) is 24.5 Å². The number of benzene rings is 1. The highest BCUT2D eigenvalue weighted by Gasteiger charge is 2.41. The molecule has 3 rings (SSSR count). The second kappa shape index (κ2) is 4.86. The number of nitrogens with zero attached hydrogens (tertiary/aromatic N) is 1. The first-order valence-corrected chi connectivity index (χ1v) is 7.75. The maximum Gasteiger partial charge on any atom is 0.0526 e. The zero-order valence-electron chi connectivity index (χ0n) is 11.0. The van der Waals surface area contributed by atoms with Gasteiger partial charge in [-0.2, -0.15) is 0 Å². The normalized spacial score (nSPS) is 22.7. The van der Waals surface area contributed by atoms with E-state index < -0.39 is 0 Å². The first-order chi connectivity index (χ1) is 8.71. The quantitative estimate of drug-likeness (QED) is 0.854. The molecule has 1 N–H and O–H groups in total. The number of piperazine rings is 1. The monoisotopic (exact) mass is 308 g/mol. The van der Waals surface area contributed by atoms with Crippen LogP contribution in [0.1, 0.15) is 31.2 Å². The number of aryl methyl sites for hydroxylation is 1. The highest BCUT2D eigenvalue weighted by molar-refractivity contribution is 9.10. The SMILES string of the molecule is Cc1cc(N2CCNCC23CCCC3)ccc1Br. The predicted octanol–water partition coefficient (Wildman–Crippen LogP) is 3.48. The van der Waals surface area contributed by atoms with Crippen LogP contribution in [0, 0.1) is 6.92 Å². The lowest BCUT2D eigenvalue weighted by molar-refractivity contribution is 0.332. The van der Waals surface area contributed by atoms with Gasteiger partial charge in [0, 0.05) is 29.8 Å². The largest absolute Gasteiger partial charge is 0.363 e. The maximum absolute atomic E-state index is 3.60. The molecule has 1 aliphatic carbocycles. The zero-order chi connectivity index (χ0) is 12.6. The van der Waals surface area contributed by atoms with Gasteiger partial charge in [-0.15, -0.1) is 0 Å². The molecule has 0 atom stereocenters. The van der Waals surface area contributed by atoms with Crippen molar-refractivity contribution in [3.63, 3.8) is 0 Å². The van der Waals surface area contributed by atoms with E-state index in [1.165, 1.54) is 41.4 Å². The van der Waals surface area contributed by atoms with Crippen LogP contribution in [-0.2, 0) is 0 Å². The molecule has 1 aromatic carbocycles. The van der Waals surface area contributed by atoms with Crippen LogP contribution in [0.15, 0.2) is 22.7 Å². The van der Waals surface area contributed by atoms with E-state index in [0.29, 0.717) is 5.54 Å². The third-order valence-electron chi connectivity index (χ3n) is 4.53. The number of halogens is 1. The highest BCUT2D eigenvalue weighted by Crippen LogP contribution is 2.39.